The van der Waals surface area contributed by atoms with E-state index in [1.807, 2.05) is 46.4 Å². The van der Waals surface area contributed by atoms with E-state index >= 15 is 0 Å². The van der Waals surface area contributed by atoms with Crippen molar-refractivity contribution in [2.24, 2.45) is 5.92 Å². The Kier molecular flexibility index (Phi) is 7.79. The van der Waals surface area contributed by atoms with E-state index < -0.39 is 11.4 Å². The highest BCUT2D eigenvalue weighted by Crippen LogP contribution is 2.53. The highest BCUT2D eigenvalue weighted by atomic mass is 32.2. The van der Waals surface area contributed by atoms with Crippen molar-refractivity contribution < 1.29 is 23.6 Å². The minimum absolute atomic E-state index is 0.0376. The maximum atomic E-state index is 13.1. The summed E-state index contributed by atoms with van der Waals surface area (Å²) in [5.74, 6) is 0.135. The van der Waals surface area contributed by atoms with Crippen LogP contribution in [0.2, 0.25) is 0 Å². The van der Waals surface area contributed by atoms with E-state index in [9.17, 15) is 9.35 Å². The third-order valence-electron chi connectivity index (χ3n) is 8.94. The zero-order chi connectivity index (χ0) is 29.8. The lowest BCUT2D eigenvalue weighted by atomic mass is 9.77. The number of fused-ring (bicyclic) bond motifs is 3. The molecule has 2 aliphatic heterocycles. The number of nitrogens with zero attached hydrogens (tertiary/aromatic N) is 4. The Morgan fingerprint density at radius 2 is 2.00 bits per heavy atom. The van der Waals surface area contributed by atoms with Gasteiger partial charge in [0.1, 0.15) is 23.7 Å². The fraction of sp³-hybridized carbons (Fsp3) is 0.594. The molecule has 42 heavy (non-hydrogen) atoms. The summed E-state index contributed by atoms with van der Waals surface area (Å²) in [7, 11) is 0. The molecule has 0 spiro atoms. The van der Waals surface area contributed by atoms with Crippen molar-refractivity contribution in [3.8, 4) is 0 Å². The van der Waals surface area contributed by atoms with Crippen LogP contribution < -0.4 is 0 Å². The largest absolute Gasteiger partial charge is 0.444 e. The van der Waals surface area contributed by atoms with Gasteiger partial charge in [-0.25, -0.2) is 14.8 Å². The molecule has 3 aliphatic rings. The van der Waals surface area contributed by atoms with Crippen LogP contribution in [0.3, 0.4) is 0 Å². The SMILES string of the molecule is Cc1ncnc2c1ccn2[C@@H]1C[C@H](C(CCSO)c2cccc3c2CN(C(=O)OC(C)(C)C)CC3)[C@H]2OC(C)(C)O[C@H]21. The monoisotopic (exact) mass is 594 g/mol. The maximum absolute atomic E-state index is 13.1. The van der Waals surface area contributed by atoms with E-state index in [-0.39, 0.29) is 36.2 Å². The first-order valence-electron chi connectivity index (χ1n) is 14.9. The Labute approximate surface area is 252 Å². The summed E-state index contributed by atoms with van der Waals surface area (Å²) in [6, 6.07) is 8.64. The van der Waals surface area contributed by atoms with E-state index in [0.717, 1.165) is 48.0 Å². The Balaban J connectivity index is 1.37. The summed E-state index contributed by atoms with van der Waals surface area (Å²) in [5, 5.41) is 1.04. The van der Waals surface area contributed by atoms with Crippen LogP contribution in [0.1, 0.15) is 81.8 Å². The van der Waals surface area contributed by atoms with Crippen molar-refractivity contribution in [1.82, 2.24) is 19.4 Å². The Hall–Kier alpha value is -2.66. The molecular formula is C32H42N4O5S. The summed E-state index contributed by atoms with van der Waals surface area (Å²) < 4.78 is 31.1. The number of rotatable bonds is 6. The van der Waals surface area contributed by atoms with Gasteiger partial charge in [0.15, 0.2) is 5.79 Å². The van der Waals surface area contributed by atoms with E-state index in [1.165, 1.54) is 16.7 Å². The molecule has 1 unspecified atom stereocenters. The molecule has 4 heterocycles. The van der Waals surface area contributed by atoms with Gasteiger partial charge in [0.05, 0.1) is 17.8 Å². The zero-order valence-electron chi connectivity index (χ0n) is 25.4. The lowest BCUT2D eigenvalue weighted by molar-refractivity contribution is -0.161. The normalized spacial score (nSPS) is 25.8. The number of carbonyl (C=O) groups excluding carboxylic acids is 1. The summed E-state index contributed by atoms with van der Waals surface area (Å²) in [5.41, 5.74) is 5.00. The lowest BCUT2D eigenvalue weighted by Crippen LogP contribution is -2.40. The number of hydrogen-bond acceptors (Lipinski definition) is 8. The van der Waals surface area contributed by atoms with E-state index in [0.29, 0.717) is 18.8 Å². The van der Waals surface area contributed by atoms with Crippen molar-refractivity contribution in [1.29, 1.82) is 0 Å². The summed E-state index contributed by atoms with van der Waals surface area (Å²) in [4.78, 5) is 23.9. The third kappa shape index (κ3) is 5.54. The maximum Gasteiger partial charge on any atom is 0.410 e. The first kappa shape index (κ1) is 29.4. The minimum Gasteiger partial charge on any atom is -0.444 e. The average molecular weight is 595 g/mol. The van der Waals surface area contributed by atoms with Gasteiger partial charge in [-0.05, 0) is 107 Å². The Bertz CT molecular complexity index is 1470. The smallest absolute Gasteiger partial charge is 0.410 e. The van der Waals surface area contributed by atoms with Gasteiger partial charge in [0, 0.05) is 30.4 Å². The van der Waals surface area contributed by atoms with E-state index in [1.54, 1.807) is 6.33 Å². The van der Waals surface area contributed by atoms with Crippen LogP contribution in [0, 0.1) is 12.8 Å². The molecule has 1 amide bonds. The average Bonchev–Trinajstić information content (AvgIpc) is 3.59. The second kappa shape index (κ2) is 11.1. The first-order valence-corrected chi connectivity index (χ1v) is 15.9. The standard InChI is InChI=1S/C32H42N4O5S/c1-19-21-11-14-36(29(21)34-18-33-19)26-16-24(27-28(26)40-32(5,6)39-27)23(12-15-42-38)22-9-7-8-20-10-13-35(17-25(20)22)30(37)41-31(2,3)4/h7-9,11,14,18,23-24,26-28,38H,10,12-13,15-17H2,1-6H3/t23?,24-,26-,27-,28+/m1/s1. The second-order valence-electron chi connectivity index (χ2n) is 13.3. The Morgan fingerprint density at radius 3 is 2.76 bits per heavy atom. The number of ether oxygens (including phenoxy) is 3. The fourth-order valence-corrected chi connectivity index (χ4v) is 7.60. The quantitative estimate of drug-likeness (QED) is 0.323. The molecule has 1 aromatic carbocycles. The van der Waals surface area contributed by atoms with Crippen LogP contribution >= 0.6 is 12.0 Å². The molecule has 6 rings (SSSR count). The number of hydrogen-bond donors (Lipinski definition) is 1. The van der Waals surface area contributed by atoms with Gasteiger partial charge < -0.3 is 28.2 Å². The molecule has 2 fully saturated rings. The molecular weight excluding hydrogens is 552 g/mol. The van der Waals surface area contributed by atoms with Crippen molar-refractivity contribution in [2.45, 2.75) is 103 Å². The number of carbonyl (C=O) groups is 1. The van der Waals surface area contributed by atoms with Crippen molar-refractivity contribution in [2.75, 3.05) is 12.3 Å². The topological polar surface area (TPSA) is 98.9 Å². The summed E-state index contributed by atoms with van der Waals surface area (Å²) in [6.45, 7) is 12.8. The van der Waals surface area contributed by atoms with Gasteiger partial charge in [-0.3, -0.25) is 0 Å². The van der Waals surface area contributed by atoms with Gasteiger partial charge >= 0.3 is 6.09 Å². The predicted octanol–water partition coefficient (Wildman–Crippen LogP) is 6.49. The van der Waals surface area contributed by atoms with Gasteiger partial charge in [0.25, 0.3) is 0 Å². The van der Waals surface area contributed by atoms with Crippen LogP contribution in [0.5, 0.6) is 0 Å². The number of benzene rings is 1. The van der Waals surface area contributed by atoms with E-state index in [4.69, 9.17) is 14.2 Å². The van der Waals surface area contributed by atoms with Gasteiger partial charge in [-0.2, -0.15) is 0 Å². The molecule has 1 N–H and O–H groups in total. The molecule has 1 aliphatic carbocycles. The van der Waals surface area contributed by atoms with Crippen LogP contribution in [-0.2, 0) is 27.2 Å². The van der Waals surface area contributed by atoms with Crippen LogP contribution in [0.4, 0.5) is 4.79 Å². The van der Waals surface area contributed by atoms with Crippen molar-refractivity contribution in [3.05, 3.63) is 59.2 Å². The molecule has 3 aromatic rings. The highest BCUT2D eigenvalue weighted by Gasteiger charge is 2.56. The van der Waals surface area contributed by atoms with Crippen LogP contribution in [0.15, 0.2) is 36.8 Å². The van der Waals surface area contributed by atoms with Gasteiger partial charge in [-0.1, -0.05) is 18.2 Å². The second-order valence-corrected chi connectivity index (χ2v) is 14.0. The fourth-order valence-electron chi connectivity index (χ4n) is 7.24. The summed E-state index contributed by atoms with van der Waals surface area (Å²) >= 11 is 0.881. The van der Waals surface area contributed by atoms with Crippen LogP contribution in [0.25, 0.3) is 11.0 Å². The van der Waals surface area contributed by atoms with E-state index in [2.05, 4.69) is 45.0 Å². The number of amides is 1. The third-order valence-corrected chi connectivity index (χ3v) is 9.36. The lowest BCUT2D eigenvalue weighted by Gasteiger charge is -2.35. The zero-order valence-corrected chi connectivity index (χ0v) is 26.2. The minimum atomic E-state index is -0.708. The molecule has 9 nitrogen and oxygen atoms in total. The van der Waals surface area contributed by atoms with Gasteiger partial charge in [0.2, 0.25) is 0 Å². The molecule has 0 bridgehead atoms. The molecule has 226 valence electrons. The highest BCUT2D eigenvalue weighted by molar-refractivity contribution is 7.93. The summed E-state index contributed by atoms with van der Waals surface area (Å²) in [6.07, 6.45) is 5.59. The van der Waals surface area contributed by atoms with Gasteiger partial charge in [-0.15, -0.1) is 0 Å². The number of aromatic nitrogens is 3. The Morgan fingerprint density at radius 1 is 1.21 bits per heavy atom. The van der Waals surface area contributed by atoms with Crippen molar-refractivity contribution >= 4 is 29.2 Å². The van der Waals surface area contributed by atoms with Crippen LogP contribution in [-0.4, -0.2) is 66.0 Å². The molecule has 2 aromatic heterocycles. The predicted molar refractivity (Wildman–Crippen MR) is 162 cm³/mol. The molecule has 1 saturated carbocycles. The molecule has 5 atom stereocenters. The molecule has 0 radical (unpaired) electrons. The van der Waals surface area contributed by atoms with Crippen molar-refractivity contribution in [3.63, 3.8) is 0 Å². The number of aryl methyl sites for hydroxylation is 1. The molecule has 10 heteroatoms. The first-order chi connectivity index (χ1) is 20.0. The molecule has 1 saturated heterocycles.